The Morgan fingerprint density at radius 1 is 1.00 bits per heavy atom. The molecule has 0 N–H and O–H groups in total. The fourth-order valence-corrected chi connectivity index (χ4v) is 3.56. The van der Waals surface area contributed by atoms with E-state index in [1.165, 1.54) is 38.9 Å². The predicted octanol–water partition coefficient (Wildman–Crippen LogP) is 5.67. The van der Waals surface area contributed by atoms with Crippen molar-refractivity contribution >= 4 is 28.2 Å². The van der Waals surface area contributed by atoms with Crippen LogP contribution in [-0.2, 0) is 7.05 Å². The molecule has 0 unspecified atom stereocenters. The maximum Gasteiger partial charge on any atom is 0.212 e. The average Bonchev–Trinajstić information content (AvgIpc) is 2.73. The molecule has 2 heteroatoms. The molecule has 2 nitrogen and oxygen atoms in total. The van der Waals surface area contributed by atoms with Gasteiger partial charge in [-0.2, -0.15) is 0 Å². The highest BCUT2D eigenvalue weighted by atomic mass is 15.1. The molecule has 0 atom stereocenters. The van der Waals surface area contributed by atoms with E-state index in [1.54, 1.807) is 0 Å². The van der Waals surface area contributed by atoms with Gasteiger partial charge in [0.1, 0.15) is 7.05 Å². The van der Waals surface area contributed by atoms with Gasteiger partial charge in [0.05, 0.1) is 5.39 Å². The summed E-state index contributed by atoms with van der Waals surface area (Å²) in [5.74, 6) is 0. The summed E-state index contributed by atoms with van der Waals surface area (Å²) in [6.45, 7) is 2.14. The molecular formula is C26H25N2+. The lowest BCUT2D eigenvalue weighted by Crippen LogP contribution is -2.28. The van der Waals surface area contributed by atoms with Crippen molar-refractivity contribution in [1.29, 1.82) is 0 Å². The van der Waals surface area contributed by atoms with Crippen LogP contribution >= 0.6 is 0 Å². The molecule has 28 heavy (non-hydrogen) atoms. The first-order chi connectivity index (χ1) is 13.6. The zero-order valence-corrected chi connectivity index (χ0v) is 16.6. The molecule has 4 rings (SSSR count). The van der Waals surface area contributed by atoms with Gasteiger partial charge >= 0.3 is 0 Å². The zero-order chi connectivity index (χ0) is 19.5. The highest BCUT2D eigenvalue weighted by Crippen LogP contribution is 2.31. The highest BCUT2D eigenvalue weighted by molar-refractivity contribution is 5.87. The molecule has 0 bridgehead atoms. The van der Waals surface area contributed by atoms with E-state index in [9.17, 15) is 0 Å². The number of allylic oxidation sites excluding steroid dienone is 6. The van der Waals surface area contributed by atoms with Crippen LogP contribution in [0.3, 0.4) is 0 Å². The Bertz CT molecular complexity index is 1150. The van der Waals surface area contributed by atoms with E-state index >= 15 is 0 Å². The molecule has 0 radical (unpaired) electrons. The minimum Gasteiger partial charge on any atom is -0.351 e. The summed E-state index contributed by atoms with van der Waals surface area (Å²) in [6.07, 6.45) is 15.2. The number of hydrogen-bond acceptors (Lipinski definition) is 1. The lowest BCUT2D eigenvalue weighted by molar-refractivity contribution is -0.644. The van der Waals surface area contributed by atoms with Gasteiger partial charge < -0.3 is 4.90 Å². The summed E-state index contributed by atoms with van der Waals surface area (Å²) >= 11 is 0. The van der Waals surface area contributed by atoms with Gasteiger partial charge in [0.25, 0.3) is 0 Å². The summed E-state index contributed by atoms with van der Waals surface area (Å²) in [4.78, 5) is 2.16. The largest absolute Gasteiger partial charge is 0.351 e. The minimum absolute atomic E-state index is 1.22. The van der Waals surface area contributed by atoms with Crippen molar-refractivity contribution in [3.05, 3.63) is 108 Å². The van der Waals surface area contributed by atoms with Gasteiger partial charge in [-0.3, -0.25) is 0 Å². The third-order valence-electron chi connectivity index (χ3n) is 5.20. The number of fused-ring (bicyclic) bond motifs is 2. The fourth-order valence-electron chi connectivity index (χ4n) is 3.56. The molecule has 138 valence electrons. The van der Waals surface area contributed by atoms with Crippen molar-refractivity contribution in [2.45, 2.75) is 6.92 Å². The van der Waals surface area contributed by atoms with Crippen LogP contribution in [0, 0.1) is 0 Å². The van der Waals surface area contributed by atoms with Crippen LogP contribution in [0.2, 0.25) is 0 Å². The summed E-state index contributed by atoms with van der Waals surface area (Å²) in [5.41, 5.74) is 7.43. The number of nitrogens with zero attached hydrogens (tertiary/aromatic N) is 2. The molecule has 0 saturated heterocycles. The minimum atomic E-state index is 1.22. The molecule has 0 fully saturated rings. The number of para-hydroxylation sites is 2. The standard InChI is InChI=1S/C26H25N2/c1-20(12-14-21-16-18-27(2)25-10-6-4-8-23(21)25)13-15-22-17-19-28(3)26-11-7-5-9-24(22)26/h4-19H,1-3H3/q+1. The number of anilines is 1. The molecule has 1 aliphatic heterocycles. The number of pyridine rings is 1. The van der Waals surface area contributed by atoms with E-state index in [2.05, 4.69) is 128 Å². The summed E-state index contributed by atoms with van der Waals surface area (Å²) in [6, 6.07) is 19.2. The van der Waals surface area contributed by atoms with Crippen LogP contribution in [-0.4, -0.2) is 7.05 Å². The van der Waals surface area contributed by atoms with Crippen molar-refractivity contribution in [3.8, 4) is 0 Å². The van der Waals surface area contributed by atoms with Crippen molar-refractivity contribution < 1.29 is 4.57 Å². The quantitative estimate of drug-likeness (QED) is 0.428. The van der Waals surface area contributed by atoms with Crippen molar-refractivity contribution in [2.75, 3.05) is 11.9 Å². The first-order valence-corrected chi connectivity index (χ1v) is 9.58. The third-order valence-corrected chi connectivity index (χ3v) is 5.20. The second kappa shape index (κ2) is 7.69. The predicted molar refractivity (Wildman–Crippen MR) is 120 cm³/mol. The number of aromatic nitrogens is 1. The molecule has 0 saturated carbocycles. The lowest BCUT2D eigenvalue weighted by atomic mass is 9.99. The Hall–Kier alpha value is -3.39. The molecular weight excluding hydrogens is 340 g/mol. The van der Waals surface area contributed by atoms with Gasteiger partial charge in [0.15, 0.2) is 6.20 Å². The summed E-state index contributed by atoms with van der Waals surface area (Å²) < 4.78 is 2.16. The topological polar surface area (TPSA) is 7.12 Å². The second-order valence-corrected chi connectivity index (χ2v) is 7.21. The van der Waals surface area contributed by atoms with Crippen LogP contribution in [0.4, 0.5) is 5.69 Å². The van der Waals surface area contributed by atoms with Crippen molar-refractivity contribution in [3.63, 3.8) is 0 Å². The highest BCUT2D eigenvalue weighted by Gasteiger charge is 2.11. The van der Waals surface area contributed by atoms with Gasteiger partial charge in [0.2, 0.25) is 5.52 Å². The van der Waals surface area contributed by atoms with E-state index in [0.29, 0.717) is 0 Å². The van der Waals surface area contributed by atoms with E-state index in [-0.39, 0.29) is 0 Å². The number of rotatable bonds is 3. The van der Waals surface area contributed by atoms with Crippen molar-refractivity contribution in [2.24, 2.45) is 7.05 Å². The lowest BCUT2D eigenvalue weighted by Gasteiger charge is -2.23. The van der Waals surface area contributed by atoms with Gasteiger partial charge in [-0.05, 0) is 36.3 Å². The fraction of sp³-hybridized carbons (Fsp3) is 0.115. The van der Waals surface area contributed by atoms with Crippen LogP contribution in [0.25, 0.3) is 22.6 Å². The maximum absolute atomic E-state index is 2.20. The van der Waals surface area contributed by atoms with E-state index in [1.807, 2.05) is 0 Å². The van der Waals surface area contributed by atoms with Crippen LogP contribution in [0.15, 0.2) is 96.9 Å². The van der Waals surface area contributed by atoms with E-state index < -0.39 is 0 Å². The third kappa shape index (κ3) is 3.54. The molecule has 2 heterocycles. The molecule has 0 spiro atoms. The summed E-state index contributed by atoms with van der Waals surface area (Å²) in [5, 5.41) is 1.27. The number of benzene rings is 2. The second-order valence-electron chi connectivity index (χ2n) is 7.21. The molecule has 1 aliphatic rings. The van der Waals surface area contributed by atoms with Crippen LogP contribution < -0.4 is 9.47 Å². The van der Waals surface area contributed by atoms with Gasteiger partial charge in [-0.15, -0.1) is 0 Å². The molecule has 1 aromatic heterocycles. The van der Waals surface area contributed by atoms with E-state index in [4.69, 9.17) is 0 Å². The summed E-state index contributed by atoms with van der Waals surface area (Å²) in [7, 11) is 4.17. The zero-order valence-electron chi connectivity index (χ0n) is 16.6. The van der Waals surface area contributed by atoms with Crippen molar-refractivity contribution in [1.82, 2.24) is 0 Å². The Balaban J connectivity index is 1.62. The monoisotopic (exact) mass is 365 g/mol. The molecule has 0 amide bonds. The first-order valence-electron chi connectivity index (χ1n) is 9.58. The average molecular weight is 366 g/mol. The Labute approximate surface area is 167 Å². The van der Waals surface area contributed by atoms with Gasteiger partial charge in [-0.25, -0.2) is 4.57 Å². The SMILES string of the molecule is CC(C=Cc1cc[n+](C)c2ccccc12)=CC=C1C=CN(C)c2ccccc21. The van der Waals surface area contributed by atoms with Crippen LogP contribution in [0.1, 0.15) is 18.1 Å². The molecule has 0 aliphatic carbocycles. The molecule has 3 aromatic rings. The number of hydrogen-bond donors (Lipinski definition) is 0. The normalized spacial score (nSPS) is 15.6. The van der Waals surface area contributed by atoms with Gasteiger partial charge in [0, 0.05) is 36.6 Å². The van der Waals surface area contributed by atoms with E-state index in [0.717, 1.165) is 0 Å². The number of aryl methyl sites for hydroxylation is 1. The van der Waals surface area contributed by atoms with Gasteiger partial charge in [-0.1, -0.05) is 60.2 Å². The maximum atomic E-state index is 2.20. The van der Waals surface area contributed by atoms with Crippen LogP contribution in [0.5, 0.6) is 0 Å². The Morgan fingerprint density at radius 2 is 1.79 bits per heavy atom. The Morgan fingerprint density at radius 3 is 2.68 bits per heavy atom. The Kier molecular flexibility index (Phi) is 4.94. The molecule has 2 aromatic carbocycles. The first kappa shape index (κ1) is 18.0. The smallest absolute Gasteiger partial charge is 0.212 e.